The molecule has 21 heavy (non-hydrogen) atoms. The summed E-state index contributed by atoms with van der Waals surface area (Å²) in [6.45, 7) is 2.22. The highest BCUT2D eigenvalue weighted by molar-refractivity contribution is 7.92. The Morgan fingerprint density at radius 2 is 2.05 bits per heavy atom. The highest BCUT2D eigenvalue weighted by Crippen LogP contribution is 2.27. The zero-order chi connectivity index (χ0) is 15.5. The average Bonchev–Trinajstić information content (AvgIpc) is 2.57. The van der Waals surface area contributed by atoms with E-state index in [2.05, 4.69) is 22.0 Å². The van der Waals surface area contributed by atoms with Gasteiger partial charge in [-0.2, -0.15) is 0 Å². The summed E-state index contributed by atoms with van der Waals surface area (Å²) < 4.78 is 24.9. The summed E-state index contributed by atoms with van der Waals surface area (Å²) >= 11 is 6.13. The Balaban J connectivity index is 2.03. The van der Waals surface area contributed by atoms with E-state index < -0.39 is 10.0 Å². The minimum absolute atomic E-state index is 0.399. The maximum absolute atomic E-state index is 11.2. The lowest BCUT2D eigenvalue weighted by molar-refractivity contribution is 0.348. The Kier molecular flexibility index (Phi) is 5.35. The zero-order valence-corrected chi connectivity index (χ0v) is 14.0. The predicted octanol–water partition coefficient (Wildman–Crippen LogP) is 2.61. The summed E-state index contributed by atoms with van der Waals surface area (Å²) in [5, 5.41) is 3.88. The molecule has 7 heteroatoms. The Bertz CT molecular complexity index is 592. The zero-order valence-electron chi connectivity index (χ0n) is 12.4. The van der Waals surface area contributed by atoms with E-state index in [1.54, 1.807) is 12.1 Å². The van der Waals surface area contributed by atoms with Gasteiger partial charge < -0.3 is 10.2 Å². The van der Waals surface area contributed by atoms with Crippen molar-refractivity contribution in [2.45, 2.75) is 25.3 Å². The van der Waals surface area contributed by atoms with Gasteiger partial charge in [0.05, 0.1) is 17.0 Å². The van der Waals surface area contributed by atoms with E-state index in [-0.39, 0.29) is 0 Å². The maximum atomic E-state index is 11.2. The number of sulfonamides is 1. The van der Waals surface area contributed by atoms with Crippen LogP contribution >= 0.6 is 11.6 Å². The average molecular weight is 332 g/mol. The summed E-state index contributed by atoms with van der Waals surface area (Å²) in [5.74, 6) is 0. The summed E-state index contributed by atoms with van der Waals surface area (Å²) in [4.78, 5) is 2.34. The molecule has 0 spiro atoms. The maximum Gasteiger partial charge on any atom is 0.229 e. The number of nitrogens with zero attached hydrogens (tertiary/aromatic N) is 1. The molecule has 118 valence electrons. The van der Waals surface area contributed by atoms with Gasteiger partial charge >= 0.3 is 0 Å². The van der Waals surface area contributed by atoms with E-state index in [1.807, 2.05) is 6.07 Å². The second-order valence-corrected chi connectivity index (χ2v) is 7.80. The van der Waals surface area contributed by atoms with Gasteiger partial charge in [-0.3, -0.25) is 4.72 Å². The Morgan fingerprint density at radius 3 is 2.71 bits per heavy atom. The summed E-state index contributed by atoms with van der Waals surface area (Å²) in [6.07, 6.45) is 4.51. The van der Waals surface area contributed by atoms with E-state index in [0.29, 0.717) is 16.8 Å². The lowest BCUT2D eigenvalue weighted by Crippen LogP contribution is -2.23. The fourth-order valence-electron chi connectivity index (χ4n) is 2.51. The van der Waals surface area contributed by atoms with Crippen LogP contribution in [0.1, 0.15) is 19.3 Å². The van der Waals surface area contributed by atoms with Crippen LogP contribution in [0.4, 0.5) is 11.4 Å². The van der Waals surface area contributed by atoms with Gasteiger partial charge in [-0.25, -0.2) is 8.42 Å². The van der Waals surface area contributed by atoms with Crippen molar-refractivity contribution in [2.75, 3.05) is 36.4 Å². The molecule has 1 aliphatic rings. The Labute approximate surface area is 131 Å². The van der Waals surface area contributed by atoms with Crippen molar-refractivity contribution >= 4 is 33.0 Å². The first-order chi connectivity index (χ1) is 9.83. The van der Waals surface area contributed by atoms with Crippen molar-refractivity contribution in [1.29, 1.82) is 0 Å². The topological polar surface area (TPSA) is 61.4 Å². The van der Waals surface area contributed by atoms with Crippen LogP contribution in [-0.2, 0) is 10.0 Å². The Hall–Kier alpha value is -0.980. The van der Waals surface area contributed by atoms with Gasteiger partial charge in [0.2, 0.25) is 10.0 Å². The summed E-state index contributed by atoms with van der Waals surface area (Å²) in [6, 6.07) is 5.74. The molecule has 1 saturated heterocycles. The summed E-state index contributed by atoms with van der Waals surface area (Å²) in [5.41, 5.74) is 1.33. The van der Waals surface area contributed by atoms with Gasteiger partial charge in [-0.15, -0.1) is 0 Å². The first-order valence-corrected chi connectivity index (χ1v) is 9.33. The minimum Gasteiger partial charge on any atom is -0.382 e. The molecule has 1 fully saturated rings. The summed E-state index contributed by atoms with van der Waals surface area (Å²) in [7, 11) is -1.17. The van der Waals surface area contributed by atoms with Crippen molar-refractivity contribution in [3.63, 3.8) is 0 Å². The number of benzene rings is 1. The molecule has 0 saturated carbocycles. The minimum atomic E-state index is -3.31. The van der Waals surface area contributed by atoms with Crippen molar-refractivity contribution in [3.05, 3.63) is 23.2 Å². The molecule has 2 rings (SSSR count). The van der Waals surface area contributed by atoms with E-state index in [4.69, 9.17) is 11.6 Å². The molecule has 1 unspecified atom stereocenters. The van der Waals surface area contributed by atoms with Crippen molar-refractivity contribution in [3.8, 4) is 0 Å². The molecule has 1 aromatic rings. The van der Waals surface area contributed by atoms with Crippen molar-refractivity contribution < 1.29 is 8.42 Å². The number of likely N-dealkylation sites (tertiary alicyclic amines) is 1. The molecule has 0 bridgehead atoms. The third-order valence-corrected chi connectivity index (χ3v) is 4.49. The number of anilines is 2. The second kappa shape index (κ2) is 6.85. The number of rotatable bonds is 4. The van der Waals surface area contributed by atoms with Crippen LogP contribution in [0.2, 0.25) is 5.02 Å². The molecular formula is C14H22ClN3O2S. The van der Waals surface area contributed by atoms with Crippen molar-refractivity contribution in [1.82, 2.24) is 4.90 Å². The quantitative estimate of drug-likeness (QED) is 0.890. The standard InChI is InChI=1S/C14H22ClN3O2S/c1-18-8-3-4-11(7-9-18)16-12-5-6-14(13(15)10-12)17-21(2,19)20/h5-6,10-11,16-17H,3-4,7-9H2,1-2H3. The third kappa shape index (κ3) is 5.37. The highest BCUT2D eigenvalue weighted by atomic mass is 35.5. The molecule has 1 heterocycles. The van der Waals surface area contributed by atoms with Crippen LogP contribution < -0.4 is 10.0 Å². The van der Waals surface area contributed by atoms with Gasteiger partial charge in [0.25, 0.3) is 0 Å². The van der Waals surface area contributed by atoms with Gasteiger partial charge in [-0.05, 0) is 57.6 Å². The normalized spacial score (nSPS) is 20.8. The first kappa shape index (κ1) is 16.4. The number of nitrogens with one attached hydrogen (secondary N) is 2. The molecule has 1 aromatic carbocycles. The van der Waals surface area contributed by atoms with E-state index in [9.17, 15) is 8.42 Å². The molecule has 1 atom stereocenters. The lowest BCUT2D eigenvalue weighted by Gasteiger charge is -2.19. The molecule has 0 aliphatic carbocycles. The molecule has 2 N–H and O–H groups in total. The first-order valence-electron chi connectivity index (χ1n) is 7.06. The second-order valence-electron chi connectivity index (χ2n) is 5.64. The van der Waals surface area contributed by atoms with E-state index in [1.165, 1.54) is 6.42 Å². The van der Waals surface area contributed by atoms with Crippen LogP contribution in [0.3, 0.4) is 0 Å². The van der Waals surface area contributed by atoms with Crippen LogP contribution in [0.5, 0.6) is 0 Å². The molecule has 0 radical (unpaired) electrons. The largest absolute Gasteiger partial charge is 0.382 e. The molecular weight excluding hydrogens is 310 g/mol. The van der Waals surface area contributed by atoms with Crippen LogP contribution in [0.25, 0.3) is 0 Å². The molecule has 5 nitrogen and oxygen atoms in total. The molecule has 1 aliphatic heterocycles. The van der Waals surface area contributed by atoms with E-state index in [0.717, 1.165) is 37.9 Å². The van der Waals surface area contributed by atoms with Crippen LogP contribution in [-0.4, -0.2) is 45.8 Å². The fourth-order valence-corrected chi connectivity index (χ4v) is 3.37. The van der Waals surface area contributed by atoms with Gasteiger partial charge in [0.1, 0.15) is 0 Å². The Morgan fingerprint density at radius 1 is 1.29 bits per heavy atom. The lowest BCUT2D eigenvalue weighted by atomic mass is 10.1. The van der Waals surface area contributed by atoms with Gasteiger partial charge in [0.15, 0.2) is 0 Å². The van der Waals surface area contributed by atoms with Gasteiger partial charge in [0, 0.05) is 11.7 Å². The monoisotopic (exact) mass is 331 g/mol. The van der Waals surface area contributed by atoms with Crippen LogP contribution in [0.15, 0.2) is 18.2 Å². The van der Waals surface area contributed by atoms with Crippen LogP contribution in [0, 0.1) is 0 Å². The molecule has 0 amide bonds. The van der Waals surface area contributed by atoms with Crippen molar-refractivity contribution in [2.24, 2.45) is 0 Å². The SMILES string of the molecule is CN1CCCC(Nc2ccc(NS(C)(=O)=O)c(Cl)c2)CC1. The molecule has 0 aromatic heterocycles. The highest BCUT2D eigenvalue weighted by Gasteiger charge is 2.15. The number of halogens is 1. The third-order valence-electron chi connectivity index (χ3n) is 3.59. The smallest absolute Gasteiger partial charge is 0.229 e. The number of hydrogen-bond donors (Lipinski definition) is 2. The fraction of sp³-hybridized carbons (Fsp3) is 0.571. The number of hydrogen-bond acceptors (Lipinski definition) is 4. The predicted molar refractivity (Wildman–Crippen MR) is 88.7 cm³/mol. The van der Waals surface area contributed by atoms with E-state index >= 15 is 0 Å². The van der Waals surface area contributed by atoms with Gasteiger partial charge in [-0.1, -0.05) is 11.6 Å².